The molecule has 1 rings (SSSR count). The summed E-state index contributed by atoms with van der Waals surface area (Å²) in [6.45, 7) is 8.12. The zero-order valence-electron chi connectivity index (χ0n) is 12.2. The molecule has 20 heavy (non-hydrogen) atoms. The Hall–Kier alpha value is -0.480. The summed E-state index contributed by atoms with van der Waals surface area (Å²) in [5.41, 5.74) is 0. The molecule has 2 atom stereocenters. The summed E-state index contributed by atoms with van der Waals surface area (Å²) in [5.74, 6) is 1.69. The molecule has 0 radical (unpaired) electrons. The SMILES string of the molecule is CC(C)C(C)CNCC(O)COc1cc(Cl)ccc1Cl. The Morgan fingerprint density at radius 2 is 1.90 bits per heavy atom. The van der Waals surface area contributed by atoms with Gasteiger partial charge in [0.15, 0.2) is 0 Å². The van der Waals surface area contributed by atoms with Crippen molar-refractivity contribution in [2.45, 2.75) is 26.9 Å². The van der Waals surface area contributed by atoms with Crippen molar-refractivity contribution in [3.05, 3.63) is 28.2 Å². The molecular formula is C15H23Cl2NO2. The highest BCUT2D eigenvalue weighted by Gasteiger charge is 2.10. The number of rotatable bonds is 8. The summed E-state index contributed by atoms with van der Waals surface area (Å²) in [7, 11) is 0. The first-order chi connectivity index (χ1) is 9.40. The molecule has 0 amide bonds. The number of halogens is 2. The van der Waals surface area contributed by atoms with Gasteiger partial charge in [-0.05, 0) is 30.5 Å². The largest absolute Gasteiger partial charge is 0.489 e. The third-order valence-electron chi connectivity index (χ3n) is 3.31. The predicted octanol–water partition coefficient (Wildman–Crippen LogP) is 3.61. The number of aliphatic hydroxyl groups excluding tert-OH is 1. The molecule has 0 aliphatic heterocycles. The van der Waals surface area contributed by atoms with Crippen LogP contribution in [0.4, 0.5) is 0 Å². The van der Waals surface area contributed by atoms with Crippen LogP contribution in [0.15, 0.2) is 18.2 Å². The van der Waals surface area contributed by atoms with Gasteiger partial charge >= 0.3 is 0 Å². The van der Waals surface area contributed by atoms with E-state index in [4.69, 9.17) is 27.9 Å². The van der Waals surface area contributed by atoms with Crippen LogP contribution in [-0.2, 0) is 0 Å². The normalized spacial score (nSPS) is 14.3. The molecule has 114 valence electrons. The first kappa shape index (κ1) is 17.6. The van der Waals surface area contributed by atoms with E-state index in [1.165, 1.54) is 0 Å². The van der Waals surface area contributed by atoms with E-state index in [0.29, 0.717) is 34.2 Å². The van der Waals surface area contributed by atoms with Crippen LogP contribution in [0.2, 0.25) is 10.0 Å². The molecule has 2 N–H and O–H groups in total. The number of benzene rings is 1. The van der Waals surface area contributed by atoms with Crippen molar-refractivity contribution in [1.29, 1.82) is 0 Å². The summed E-state index contributed by atoms with van der Waals surface area (Å²) in [5, 5.41) is 14.1. The third kappa shape index (κ3) is 6.31. The van der Waals surface area contributed by atoms with Crippen molar-refractivity contribution < 1.29 is 9.84 Å². The van der Waals surface area contributed by atoms with Crippen LogP contribution in [0.3, 0.4) is 0 Å². The highest BCUT2D eigenvalue weighted by atomic mass is 35.5. The van der Waals surface area contributed by atoms with E-state index in [2.05, 4.69) is 26.1 Å². The van der Waals surface area contributed by atoms with Crippen LogP contribution < -0.4 is 10.1 Å². The van der Waals surface area contributed by atoms with Crippen molar-refractivity contribution in [2.75, 3.05) is 19.7 Å². The van der Waals surface area contributed by atoms with Gasteiger partial charge in [-0.15, -0.1) is 0 Å². The van der Waals surface area contributed by atoms with Crippen molar-refractivity contribution in [1.82, 2.24) is 5.32 Å². The number of hydrogen-bond acceptors (Lipinski definition) is 3. The van der Waals surface area contributed by atoms with Gasteiger partial charge in [0.1, 0.15) is 18.5 Å². The van der Waals surface area contributed by atoms with Crippen molar-refractivity contribution >= 4 is 23.2 Å². The number of nitrogens with one attached hydrogen (secondary N) is 1. The maximum absolute atomic E-state index is 9.86. The van der Waals surface area contributed by atoms with Crippen molar-refractivity contribution in [2.24, 2.45) is 11.8 Å². The molecule has 1 aromatic rings. The van der Waals surface area contributed by atoms with Crippen LogP contribution >= 0.6 is 23.2 Å². The molecule has 0 aliphatic carbocycles. The second-order valence-electron chi connectivity index (χ2n) is 5.42. The van der Waals surface area contributed by atoms with Gasteiger partial charge in [0.2, 0.25) is 0 Å². The monoisotopic (exact) mass is 319 g/mol. The average molecular weight is 320 g/mol. The molecule has 0 saturated heterocycles. The molecule has 0 spiro atoms. The lowest BCUT2D eigenvalue weighted by Gasteiger charge is -2.18. The fourth-order valence-electron chi connectivity index (χ4n) is 1.55. The number of ether oxygens (including phenoxy) is 1. The van der Waals surface area contributed by atoms with Crippen LogP contribution in [-0.4, -0.2) is 30.9 Å². The number of hydrogen-bond donors (Lipinski definition) is 2. The van der Waals surface area contributed by atoms with Gasteiger partial charge in [-0.1, -0.05) is 44.0 Å². The lowest BCUT2D eigenvalue weighted by molar-refractivity contribution is 0.105. The van der Waals surface area contributed by atoms with E-state index >= 15 is 0 Å². The summed E-state index contributed by atoms with van der Waals surface area (Å²) in [4.78, 5) is 0. The Bertz CT molecular complexity index is 413. The molecular weight excluding hydrogens is 297 g/mol. The smallest absolute Gasteiger partial charge is 0.139 e. The summed E-state index contributed by atoms with van der Waals surface area (Å²) in [6, 6.07) is 5.01. The second kappa shape index (κ2) is 8.73. The fourth-order valence-corrected chi connectivity index (χ4v) is 1.88. The maximum atomic E-state index is 9.86. The molecule has 0 aromatic heterocycles. The van der Waals surface area contributed by atoms with Crippen LogP contribution in [0.25, 0.3) is 0 Å². The summed E-state index contributed by atoms with van der Waals surface area (Å²) >= 11 is 11.8. The Labute approximate surface area is 131 Å². The van der Waals surface area contributed by atoms with E-state index in [0.717, 1.165) is 6.54 Å². The highest BCUT2D eigenvalue weighted by molar-refractivity contribution is 6.34. The van der Waals surface area contributed by atoms with E-state index < -0.39 is 6.10 Å². The van der Waals surface area contributed by atoms with E-state index in [1.807, 2.05) is 0 Å². The van der Waals surface area contributed by atoms with E-state index in [9.17, 15) is 5.11 Å². The third-order valence-corrected chi connectivity index (χ3v) is 3.86. The summed E-state index contributed by atoms with van der Waals surface area (Å²) in [6.07, 6.45) is -0.579. The molecule has 0 bridgehead atoms. The van der Waals surface area contributed by atoms with E-state index in [-0.39, 0.29) is 6.61 Å². The lowest BCUT2D eigenvalue weighted by Crippen LogP contribution is -2.34. The quantitative estimate of drug-likeness (QED) is 0.769. The molecule has 2 unspecified atom stereocenters. The topological polar surface area (TPSA) is 41.5 Å². The second-order valence-corrected chi connectivity index (χ2v) is 6.26. The van der Waals surface area contributed by atoms with Crippen LogP contribution in [0, 0.1) is 11.8 Å². The van der Waals surface area contributed by atoms with Gasteiger partial charge in [0.05, 0.1) is 5.02 Å². The van der Waals surface area contributed by atoms with Crippen LogP contribution in [0.5, 0.6) is 5.75 Å². The zero-order chi connectivity index (χ0) is 15.1. The Kier molecular flexibility index (Phi) is 7.67. The molecule has 5 heteroatoms. The van der Waals surface area contributed by atoms with Crippen molar-refractivity contribution in [3.63, 3.8) is 0 Å². The highest BCUT2D eigenvalue weighted by Crippen LogP contribution is 2.27. The maximum Gasteiger partial charge on any atom is 0.139 e. The van der Waals surface area contributed by atoms with Gasteiger partial charge in [0.25, 0.3) is 0 Å². The summed E-state index contributed by atoms with van der Waals surface area (Å²) < 4.78 is 5.48. The first-order valence-corrected chi connectivity index (χ1v) is 7.62. The Morgan fingerprint density at radius 3 is 2.55 bits per heavy atom. The number of aliphatic hydroxyl groups is 1. The molecule has 0 fully saturated rings. The van der Waals surface area contributed by atoms with E-state index in [1.54, 1.807) is 18.2 Å². The van der Waals surface area contributed by atoms with Gasteiger partial charge in [0, 0.05) is 17.6 Å². The minimum atomic E-state index is -0.579. The standard InChI is InChI=1S/C15H23Cl2NO2/c1-10(2)11(3)7-18-8-13(19)9-20-15-6-12(16)4-5-14(15)17/h4-6,10-11,13,18-19H,7-9H2,1-3H3. The first-order valence-electron chi connectivity index (χ1n) is 6.86. The fraction of sp³-hybridized carbons (Fsp3) is 0.600. The average Bonchev–Trinajstić information content (AvgIpc) is 2.39. The minimum absolute atomic E-state index is 0.184. The van der Waals surface area contributed by atoms with Crippen molar-refractivity contribution in [3.8, 4) is 5.75 Å². The van der Waals surface area contributed by atoms with Gasteiger partial charge in [-0.3, -0.25) is 0 Å². The minimum Gasteiger partial charge on any atom is -0.489 e. The Morgan fingerprint density at radius 1 is 1.20 bits per heavy atom. The molecule has 1 aromatic carbocycles. The lowest BCUT2D eigenvalue weighted by atomic mass is 9.98. The molecule has 0 saturated carbocycles. The Balaban J connectivity index is 2.29. The molecule has 0 heterocycles. The van der Waals surface area contributed by atoms with Gasteiger partial charge in [-0.25, -0.2) is 0 Å². The zero-order valence-corrected chi connectivity index (χ0v) is 13.7. The van der Waals surface area contributed by atoms with Gasteiger partial charge in [-0.2, -0.15) is 0 Å². The predicted molar refractivity (Wildman–Crippen MR) is 84.8 cm³/mol. The molecule has 0 aliphatic rings. The van der Waals surface area contributed by atoms with Crippen LogP contribution in [0.1, 0.15) is 20.8 Å². The van der Waals surface area contributed by atoms with Gasteiger partial charge < -0.3 is 15.2 Å². The molecule has 3 nitrogen and oxygen atoms in total.